The molecule has 1 aromatic heterocycles. The highest BCUT2D eigenvalue weighted by Crippen LogP contribution is 2.25. The van der Waals surface area contributed by atoms with Crippen LogP contribution in [0.2, 0.25) is 0 Å². The molecule has 0 amide bonds. The lowest BCUT2D eigenvalue weighted by molar-refractivity contribution is -0.139. The van der Waals surface area contributed by atoms with Gasteiger partial charge in [0.1, 0.15) is 17.6 Å². The molecular formula is C13H12FNO3S. The van der Waals surface area contributed by atoms with Crippen LogP contribution in [0.15, 0.2) is 35.7 Å². The molecular weight excluding hydrogens is 269 g/mol. The number of carboxylic acids is 1. The van der Waals surface area contributed by atoms with Gasteiger partial charge < -0.3 is 10.2 Å². The number of hydrogen-bond donors (Lipinski definition) is 3. The van der Waals surface area contributed by atoms with Crippen molar-refractivity contribution in [2.24, 2.45) is 0 Å². The number of rotatable bonds is 5. The van der Waals surface area contributed by atoms with Gasteiger partial charge in [-0.2, -0.15) is 0 Å². The van der Waals surface area contributed by atoms with Gasteiger partial charge in [-0.15, -0.1) is 11.3 Å². The minimum absolute atomic E-state index is 0.0176. The second kappa shape index (κ2) is 5.81. The number of benzene rings is 1. The van der Waals surface area contributed by atoms with E-state index >= 15 is 0 Å². The number of carbonyl (C=O) groups is 1. The Hall–Kier alpha value is -1.92. The maximum absolute atomic E-state index is 13.2. The average molecular weight is 281 g/mol. The Bertz CT molecular complexity index is 571. The van der Waals surface area contributed by atoms with Gasteiger partial charge >= 0.3 is 5.97 Å². The van der Waals surface area contributed by atoms with Crippen molar-refractivity contribution in [2.75, 3.05) is 0 Å². The largest absolute Gasteiger partial charge is 0.508 e. The van der Waals surface area contributed by atoms with Crippen molar-refractivity contribution in [1.82, 2.24) is 5.32 Å². The monoisotopic (exact) mass is 281 g/mol. The molecule has 19 heavy (non-hydrogen) atoms. The third kappa shape index (κ3) is 3.30. The second-order valence-electron chi connectivity index (χ2n) is 3.93. The molecule has 1 unspecified atom stereocenters. The zero-order valence-corrected chi connectivity index (χ0v) is 10.7. The summed E-state index contributed by atoms with van der Waals surface area (Å²) in [7, 11) is 0. The van der Waals surface area contributed by atoms with E-state index in [1.54, 1.807) is 0 Å². The van der Waals surface area contributed by atoms with Gasteiger partial charge in [0.25, 0.3) is 0 Å². The maximum Gasteiger partial charge on any atom is 0.325 e. The van der Waals surface area contributed by atoms with Crippen LogP contribution in [0.3, 0.4) is 0 Å². The summed E-state index contributed by atoms with van der Waals surface area (Å²) in [6, 6.07) is 5.82. The number of aliphatic carboxylic acids is 1. The molecule has 1 aromatic carbocycles. The van der Waals surface area contributed by atoms with E-state index in [-0.39, 0.29) is 11.3 Å². The zero-order valence-electron chi connectivity index (χ0n) is 9.84. The van der Waals surface area contributed by atoms with Crippen molar-refractivity contribution in [3.8, 4) is 5.75 Å². The Morgan fingerprint density at radius 1 is 1.42 bits per heavy atom. The number of phenolic OH excluding ortho intramolecular Hbond substituents is 1. The molecule has 0 aliphatic carbocycles. The van der Waals surface area contributed by atoms with Crippen molar-refractivity contribution < 1.29 is 19.4 Å². The van der Waals surface area contributed by atoms with E-state index in [1.807, 2.05) is 17.5 Å². The average Bonchev–Trinajstić information content (AvgIpc) is 2.86. The topological polar surface area (TPSA) is 69.6 Å². The number of hydrogen-bond acceptors (Lipinski definition) is 4. The Balaban J connectivity index is 2.20. The van der Waals surface area contributed by atoms with E-state index in [0.717, 1.165) is 23.1 Å². The van der Waals surface area contributed by atoms with Crippen LogP contribution in [-0.4, -0.2) is 16.2 Å². The summed E-state index contributed by atoms with van der Waals surface area (Å²) in [6.45, 7) is 0.338. The first kappa shape index (κ1) is 13.5. The minimum atomic E-state index is -1.17. The van der Waals surface area contributed by atoms with Crippen LogP contribution in [-0.2, 0) is 11.3 Å². The Morgan fingerprint density at radius 2 is 2.21 bits per heavy atom. The maximum atomic E-state index is 13.2. The van der Waals surface area contributed by atoms with Gasteiger partial charge in [-0.25, -0.2) is 4.39 Å². The molecule has 100 valence electrons. The number of aromatic hydroxyl groups is 1. The predicted octanol–water partition coefficient (Wildman–Crippen LogP) is 2.51. The van der Waals surface area contributed by atoms with Crippen LogP contribution >= 0.6 is 11.3 Å². The van der Waals surface area contributed by atoms with Crippen molar-refractivity contribution in [3.63, 3.8) is 0 Å². The van der Waals surface area contributed by atoms with Gasteiger partial charge in [0, 0.05) is 17.0 Å². The SMILES string of the molecule is O=C(O)C(NCc1cccs1)c1cc(F)ccc1O. The van der Waals surface area contributed by atoms with E-state index in [1.165, 1.54) is 11.3 Å². The van der Waals surface area contributed by atoms with Crippen molar-refractivity contribution in [3.05, 3.63) is 52.0 Å². The van der Waals surface area contributed by atoms with Crippen molar-refractivity contribution in [1.29, 1.82) is 0 Å². The lowest BCUT2D eigenvalue weighted by Gasteiger charge is -2.15. The third-order valence-corrected chi connectivity index (χ3v) is 3.48. The molecule has 2 aromatic rings. The fourth-order valence-corrected chi connectivity index (χ4v) is 2.36. The molecule has 0 bridgehead atoms. The second-order valence-corrected chi connectivity index (χ2v) is 4.97. The normalized spacial score (nSPS) is 12.3. The van der Waals surface area contributed by atoms with E-state index in [0.29, 0.717) is 6.54 Å². The molecule has 6 heteroatoms. The first-order valence-corrected chi connectivity index (χ1v) is 6.43. The van der Waals surface area contributed by atoms with E-state index in [9.17, 15) is 19.4 Å². The Labute approximate surface area is 113 Å². The van der Waals surface area contributed by atoms with Crippen LogP contribution < -0.4 is 5.32 Å². The van der Waals surface area contributed by atoms with Crippen molar-refractivity contribution in [2.45, 2.75) is 12.6 Å². The fourth-order valence-electron chi connectivity index (χ4n) is 1.70. The van der Waals surface area contributed by atoms with Gasteiger partial charge in [0.15, 0.2) is 0 Å². The standard InChI is InChI=1S/C13H12FNO3S/c14-8-3-4-11(16)10(6-8)12(13(17)18)15-7-9-2-1-5-19-9/h1-6,12,15-16H,7H2,(H,17,18). The molecule has 0 saturated heterocycles. The molecule has 0 aliphatic rings. The fraction of sp³-hybridized carbons (Fsp3) is 0.154. The quantitative estimate of drug-likeness (QED) is 0.787. The van der Waals surface area contributed by atoms with E-state index < -0.39 is 17.8 Å². The highest BCUT2D eigenvalue weighted by atomic mass is 32.1. The number of thiophene rings is 1. The number of phenols is 1. The molecule has 4 nitrogen and oxygen atoms in total. The summed E-state index contributed by atoms with van der Waals surface area (Å²) < 4.78 is 13.2. The summed E-state index contributed by atoms with van der Waals surface area (Å²) in [6.07, 6.45) is 0. The predicted molar refractivity (Wildman–Crippen MR) is 69.6 cm³/mol. The highest BCUT2D eigenvalue weighted by molar-refractivity contribution is 7.09. The van der Waals surface area contributed by atoms with Crippen LogP contribution in [0, 0.1) is 5.82 Å². The first-order valence-electron chi connectivity index (χ1n) is 5.55. The molecule has 2 rings (SSSR count). The molecule has 1 atom stereocenters. The number of carboxylic acid groups (broad SMARTS) is 1. The number of halogens is 1. The number of nitrogens with one attached hydrogen (secondary N) is 1. The summed E-state index contributed by atoms with van der Waals surface area (Å²) in [5, 5.41) is 23.5. The van der Waals surface area contributed by atoms with Gasteiger partial charge in [0.05, 0.1) is 0 Å². The van der Waals surface area contributed by atoms with Gasteiger partial charge in [-0.1, -0.05) is 6.07 Å². The summed E-state index contributed by atoms with van der Waals surface area (Å²) >= 11 is 1.49. The molecule has 0 fully saturated rings. The van der Waals surface area contributed by atoms with E-state index in [2.05, 4.69) is 5.32 Å². The lowest BCUT2D eigenvalue weighted by Crippen LogP contribution is -2.28. The third-order valence-electron chi connectivity index (χ3n) is 2.61. The smallest absolute Gasteiger partial charge is 0.325 e. The van der Waals surface area contributed by atoms with Crippen LogP contribution in [0.1, 0.15) is 16.5 Å². The Morgan fingerprint density at radius 3 is 2.84 bits per heavy atom. The van der Waals surface area contributed by atoms with E-state index in [4.69, 9.17) is 0 Å². The van der Waals surface area contributed by atoms with Crippen LogP contribution in [0.4, 0.5) is 4.39 Å². The van der Waals surface area contributed by atoms with Crippen molar-refractivity contribution >= 4 is 17.3 Å². The summed E-state index contributed by atoms with van der Waals surface area (Å²) in [5.41, 5.74) is 0.0176. The van der Waals surface area contributed by atoms with Crippen LogP contribution in [0.5, 0.6) is 5.75 Å². The Kier molecular flexibility index (Phi) is 4.13. The molecule has 0 aliphatic heterocycles. The lowest BCUT2D eigenvalue weighted by atomic mass is 10.1. The van der Waals surface area contributed by atoms with Gasteiger partial charge in [0.2, 0.25) is 0 Å². The first-order chi connectivity index (χ1) is 9.08. The molecule has 3 N–H and O–H groups in total. The molecule has 0 spiro atoms. The highest BCUT2D eigenvalue weighted by Gasteiger charge is 2.23. The zero-order chi connectivity index (χ0) is 13.8. The summed E-state index contributed by atoms with van der Waals surface area (Å²) in [5.74, 6) is -2.00. The summed E-state index contributed by atoms with van der Waals surface area (Å²) in [4.78, 5) is 12.2. The minimum Gasteiger partial charge on any atom is -0.508 e. The van der Waals surface area contributed by atoms with Crippen LogP contribution in [0.25, 0.3) is 0 Å². The van der Waals surface area contributed by atoms with Gasteiger partial charge in [-0.3, -0.25) is 10.1 Å². The van der Waals surface area contributed by atoms with Gasteiger partial charge in [-0.05, 0) is 29.6 Å². The molecule has 0 radical (unpaired) electrons. The molecule has 1 heterocycles. The molecule has 0 saturated carbocycles.